The van der Waals surface area contributed by atoms with Gasteiger partial charge in [-0.05, 0) is 25.2 Å². The van der Waals surface area contributed by atoms with Crippen LogP contribution >= 0.6 is 0 Å². The Morgan fingerprint density at radius 1 is 1.30 bits per heavy atom. The average molecular weight is 314 g/mol. The fraction of sp³-hybridized carbons (Fsp3) is 0.444. The Bertz CT molecular complexity index is 639. The number of nitrogens with zero attached hydrogens (tertiary/aromatic N) is 1. The van der Waals surface area contributed by atoms with Gasteiger partial charge in [0.25, 0.3) is 0 Å². The third-order valence-electron chi connectivity index (χ3n) is 4.30. The first-order valence-electron chi connectivity index (χ1n) is 8.16. The summed E-state index contributed by atoms with van der Waals surface area (Å²) in [6, 6.07) is 11.5. The van der Waals surface area contributed by atoms with Crippen LogP contribution in [-0.2, 0) is 11.2 Å². The molecule has 1 aromatic carbocycles. The van der Waals surface area contributed by atoms with Crippen molar-refractivity contribution < 1.29 is 14.4 Å². The average Bonchev–Trinajstić information content (AvgIpc) is 3.02. The number of nitrogens with one attached hydrogen (secondary N) is 1. The third-order valence-corrected chi connectivity index (χ3v) is 4.30. The summed E-state index contributed by atoms with van der Waals surface area (Å²) < 4.78 is 5.30. The van der Waals surface area contributed by atoms with Crippen molar-refractivity contribution in [1.82, 2.24) is 10.5 Å². The Morgan fingerprint density at radius 2 is 2.13 bits per heavy atom. The van der Waals surface area contributed by atoms with Gasteiger partial charge in [0.1, 0.15) is 0 Å². The molecule has 5 heteroatoms. The van der Waals surface area contributed by atoms with Gasteiger partial charge in [0.05, 0.1) is 18.2 Å². The Hall–Kier alpha value is -2.14. The number of carbonyl (C=O) groups excluding carboxylic acids is 1. The smallest absolute Gasteiger partial charge is 0.226 e. The molecule has 2 N–H and O–H groups in total. The number of aliphatic hydroxyl groups is 1. The standard InChI is InChI=1S/C18H22N2O3/c21-16-8-4-5-13(9-16)12-19-18(22)11-15-10-17(23-20-15)14-6-2-1-3-7-14/h1-3,6-7,10,13,16,21H,4-5,8-9,11-12H2,(H,19,22). The summed E-state index contributed by atoms with van der Waals surface area (Å²) in [4.78, 5) is 12.0. The lowest BCUT2D eigenvalue weighted by atomic mass is 9.87. The molecule has 2 atom stereocenters. The third kappa shape index (κ3) is 4.42. The number of carbonyl (C=O) groups is 1. The molecule has 0 spiro atoms. The van der Waals surface area contributed by atoms with E-state index in [-0.39, 0.29) is 18.4 Å². The quantitative estimate of drug-likeness (QED) is 0.889. The second-order valence-electron chi connectivity index (χ2n) is 6.22. The highest BCUT2D eigenvalue weighted by atomic mass is 16.5. The van der Waals surface area contributed by atoms with Crippen molar-refractivity contribution in [3.05, 3.63) is 42.1 Å². The van der Waals surface area contributed by atoms with E-state index in [0.717, 1.165) is 31.2 Å². The van der Waals surface area contributed by atoms with Crippen molar-refractivity contribution in [2.45, 2.75) is 38.2 Å². The fourth-order valence-corrected chi connectivity index (χ4v) is 3.07. The van der Waals surface area contributed by atoms with Crippen LogP contribution in [0.2, 0.25) is 0 Å². The number of aliphatic hydroxyl groups excluding tert-OH is 1. The predicted molar refractivity (Wildman–Crippen MR) is 86.6 cm³/mol. The molecule has 5 nitrogen and oxygen atoms in total. The van der Waals surface area contributed by atoms with Crippen LogP contribution in [0.5, 0.6) is 0 Å². The van der Waals surface area contributed by atoms with Crippen molar-refractivity contribution in [2.75, 3.05) is 6.54 Å². The summed E-state index contributed by atoms with van der Waals surface area (Å²) in [7, 11) is 0. The number of hydrogen-bond donors (Lipinski definition) is 2. The van der Waals surface area contributed by atoms with Crippen LogP contribution in [0.4, 0.5) is 0 Å². The Labute approximate surface area is 135 Å². The van der Waals surface area contributed by atoms with E-state index in [1.54, 1.807) is 6.07 Å². The van der Waals surface area contributed by atoms with Gasteiger partial charge in [-0.1, -0.05) is 41.9 Å². The molecule has 1 saturated carbocycles. The van der Waals surface area contributed by atoms with E-state index in [9.17, 15) is 9.90 Å². The molecule has 0 saturated heterocycles. The highest BCUT2D eigenvalue weighted by Crippen LogP contribution is 2.23. The minimum absolute atomic E-state index is 0.0574. The van der Waals surface area contributed by atoms with Gasteiger partial charge in [0.2, 0.25) is 5.91 Å². The molecule has 1 amide bonds. The van der Waals surface area contributed by atoms with Crippen LogP contribution in [0.25, 0.3) is 11.3 Å². The first kappa shape index (κ1) is 15.7. The van der Waals surface area contributed by atoms with Crippen molar-refractivity contribution in [2.24, 2.45) is 5.92 Å². The number of amides is 1. The number of hydrogen-bond acceptors (Lipinski definition) is 4. The molecule has 1 aliphatic rings. The monoisotopic (exact) mass is 314 g/mol. The van der Waals surface area contributed by atoms with Crippen LogP contribution in [0.3, 0.4) is 0 Å². The first-order chi connectivity index (χ1) is 11.2. The van der Waals surface area contributed by atoms with Gasteiger partial charge in [-0.3, -0.25) is 4.79 Å². The molecular formula is C18H22N2O3. The molecule has 3 rings (SSSR count). The second-order valence-corrected chi connectivity index (χ2v) is 6.22. The maximum Gasteiger partial charge on any atom is 0.226 e. The summed E-state index contributed by atoms with van der Waals surface area (Å²) in [5, 5.41) is 16.6. The van der Waals surface area contributed by atoms with Crippen molar-refractivity contribution in [3.8, 4) is 11.3 Å². The van der Waals surface area contributed by atoms with Crippen LogP contribution in [0, 0.1) is 5.92 Å². The minimum Gasteiger partial charge on any atom is -0.393 e. The molecule has 0 radical (unpaired) electrons. The zero-order chi connectivity index (χ0) is 16.1. The lowest BCUT2D eigenvalue weighted by molar-refractivity contribution is -0.120. The molecular weight excluding hydrogens is 292 g/mol. The molecule has 2 aromatic rings. The van der Waals surface area contributed by atoms with Crippen LogP contribution < -0.4 is 5.32 Å². The zero-order valence-electron chi connectivity index (χ0n) is 13.1. The predicted octanol–water partition coefficient (Wildman–Crippen LogP) is 2.55. The van der Waals surface area contributed by atoms with E-state index in [4.69, 9.17) is 4.52 Å². The molecule has 2 unspecified atom stereocenters. The van der Waals surface area contributed by atoms with Gasteiger partial charge in [-0.2, -0.15) is 0 Å². The molecule has 1 heterocycles. The van der Waals surface area contributed by atoms with Crippen LogP contribution in [0.15, 0.2) is 40.9 Å². The highest BCUT2D eigenvalue weighted by molar-refractivity contribution is 5.78. The van der Waals surface area contributed by atoms with E-state index in [1.807, 2.05) is 30.3 Å². The van der Waals surface area contributed by atoms with E-state index >= 15 is 0 Å². The summed E-state index contributed by atoms with van der Waals surface area (Å²) in [5.41, 5.74) is 1.58. The lowest BCUT2D eigenvalue weighted by Gasteiger charge is -2.25. The van der Waals surface area contributed by atoms with Gasteiger partial charge in [-0.25, -0.2) is 0 Å². The molecule has 23 heavy (non-hydrogen) atoms. The fourth-order valence-electron chi connectivity index (χ4n) is 3.07. The van der Waals surface area contributed by atoms with E-state index in [0.29, 0.717) is 23.9 Å². The molecule has 122 valence electrons. The molecule has 0 bridgehead atoms. The maximum absolute atomic E-state index is 12.0. The largest absolute Gasteiger partial charge is 0.393 e. The van der Waals surface area contributed by atoms with Crippen LogP contribution in [-0.4, -0.2) is 28.8 Å². The zero-order valence-corrected chi connectivity index (χ0v) is 13.1. The second kappa shape index (κ2) is 7.42. The van der Waals surface area contributed by atoms with Gasteiger partial charge in [-0.15, -0.1) is 0 Å². The van der Waals surface area contributed by atoms with Gasteiger partial charge in [0, 0.05) is 18.2 Å². The van der Waals surface area contributed by atoms with Gasteiger partial charge >= 0.3 is 0 Å². The Morgan fingerprint density at radius 3 is 2.91 bits per heavy atom. The number of aromatic nitrogens is 1. The summed E-state index contributed by atoms with van der Waals surface area (Å²) in [6.07, 6.45) is 3.76. The lowest BCUT2D eigenvalue weighted by Crippen LogP contribution is -2.33. The molecule has 0 aliphatic heterocycles. The van der Waals surface area contributed by atoms with E-state index < -0.39 is 0 Å². The topological polar surface area (TPSA) is 75.4 Å². The SMILES string of the molecule is O=C(Cc1cc(-c2ccccc2)on1)NCC1CCCC(O)C1. The van der Waals surface area contributed by atoms with Gasteiger partial charge < -0.3 is 14.9 Å². The highest BCUT2D eigenvalue weighted by Gasteiger charge is 2.20. The molecule has 1 fully saturated rings. The number of benzene rings is 1. The Balaban J connectivity index is 1.49. The first-order valence-corrected chi connectivity index (χ1v) is 8.16. The van der Waals surface area contributed by atoms with Crippen molar-refractivity contribution in [3.63, 3.8) is 0 Å². The van der Waals surface area contributed by atoms with Crippen LogP contribution in [0.1, 0.15) is 31.4 Å². The minimum atomic E-state index is -0.213. The summed E-state index contributed by atoms with van der Waals surface area (Å²) >= 11 is 0. The summed E-state index contributed by atoms with van der Waals surface area (Å²) in [6.45, 7) is 0.624. The van der Waals surface area contributed by atoms with Crippen molar-refractivity contribution >= 4 is 5.91 Å². The van der Waals surface area contributed by atoms with Crippen molar-refractivity contribution in [1.29, 1.82) is 0 Å². The van der Waals surface area contributed by atoms with E-state index in [1.165, 1.54) is 0 Å². The van der Waals surface area contributed by atoms with Gasteiger partial charge in [0.15, 0.2) is 5.76 Å². The Kier molecular flexibility index (Phi) is 5.08. The number of rotatable bonds is 5. The summed E-state index contributed by atoms with van der Waals surface area (Å²) in [5.74, 6) is 0.988. The molecule has 1 aliphatic carbocycles. The maximum atomic E-state index is 12.0. The molecule has 1 aromatic heterocycles. The normalized spacial score (nSPS) is 21.1. The van der Waals surface area contributed by atoms with E-state index in [2.05, 4.69) is 10.5 Å².